The van der Waals surface area contributed by atoms with Crippen LogP contribution >= 0.6 is 23.1 Å². The summed E-state index contributed by atoms with van der Waals surface area (Å²) < 4.78 is 3.16. The molecule has 0 saturated heterocycles. The van der Waals surface area contributed by atoms with Gasteiger partial charge in [-0.15, -0.1) is 10.2 Å². The second-order valence-corrected chi connectivity index (χ2v) is 8.32. The number of anilines is 1. The molecule has 3 aromatic heterocycles. The minimum Gasteiger partial charge on any atom is -0.324 e. The molecule has 3 heterocycles. The van der Waals surface area contributed by atoms with Crippen LogP contribution in [0.1, 0.15) is 6.92 Å². The van der Waals surface area contributed by atoms with Crippen LogP contribution in [-0.4, -0.2) is 36.4 Å². The van der Waals surface area contributed by atoms with E-state index in [-0.39, 0.29) is 11.7 Å². The SMILES string of the molecule is CCn1c2ccccc2c2nnc(SCC(=O)Nc3nc4ccccc4s3)nc21. The number of thioether (sulfide) groups is 1. The summed E-state index contributed by atoms with van der Waals surface area (Å²) in [5, 5.41) is 13.5. The van der Waals surface area contributed by atoms with E-state index in [1.54, 1.807) is 0 Å². The van der Waals surface area contributed by atoms with Crippen molar-refractivity contribution in [1.29, 1.82) is 0 Å². The molecule has 0 radical (unpaired) electrons. The zero-order valence-corrected chi connectivity index (χ0v) is 17.1. The second-order valence-electron chi connectivity index (χ2n) is 6.35. The van der Waals surface area contributed by atoms with Gasteiger partial charge in [-0.2, -0.15) is 0 Å². The maximum Gasteiger partial charge on any atom is 0.236 e. The molecular formula is C20H16N6OS2. The van der Waals surface area contributed by atoms with Crippen LogP contribution in [0.5, 0.6) is 0 Å². The molecule has 5 rings (SSSR count). The number of thiazole rings is 1. The number of benzene rings is 2. The molecule has 0 saturated carbocycles. The first-order valence-electron chi connectivity index (χ1n) is 9.13. The van der Waals surface area contributed by atoms with E-state index < -0.39 is 0 Å². The summed E-state index contributed by atoms with van der Waals surface area (Å²) in [6.07, 6.45) is 0. The molecule has 1 N–H and O–H groups in total. The lowest BCUT2D eigenvalue weighted by Crippen LogP contribution is -2.14. The fourth-order valence-corrected chi connectivity index (χ4v) is 4.75. The summed E-state index contributed by atoms with van der Waals surface area (Å²) in [4.78, 5) is 21.4. The van der Waals surface area contributed by atoms with Crippen LogP contribution in [0, 0.1) is 0 Å². The quantitative estimate of drug-likeness (QED) is 0.426. The Morgan fingerprint density at radius 2 is 1.93 bits per heavy atom. The normalized spacial score (nSPS) is 11.5. The van der Waals surface area contributed by atoms with Crippen molar-refractivity contribution in [1.82, 2.24) is 24.7 Å². The highest BCUT2D eigenvalue weighted by Gasteiger charge is 2.15. The Bertz CT molecular complexity index is 1330. The minimum atomic E-state index is -0.145. The number of para-hydroxylation sites is 2. The first-order chi connectivity index (χ1) is 14.2. The lowest BCUT2D eigenvalue weighted by molar-refractivity contribution is -0.113. The third-order valence-electron chi connectivity index (χ3n) is 4.54. The molecule has 0 aliphatic carbocycles. The number of nitrogens with one attached hydrogen (secondary N) is 1. The Morgan fingerprint density at radius 3 is 2.79 bits per heavy atom. The Hall–Kier alpha value is -3.04. The molecular weight excluding hydrogens is 404 g/mol. The molecule has 2 aromatic carbocycles. The highest BCUT2D eigenvalue weighted by molar-refractivity contribution is 7.99. The topological polar surface area (TPSA) is 85.6 Å². The van der Waals surface area contributed by atoms with Crippen molar-refractivity contribution in [3.63, 3.8) is 0 Å². The molecule has 29 heavy (non-hydrogen) atoms. The number of aromatic nitrogens is 5. The van der Waals surface area contributed by atoms with E-state index in [0.717, 1.165) is 38.8 Å². The van der Waals surface area contributed by atoms with Gasteiger partial charge in [0.2, 0.25) is 11.1 Å². The van der Waals surface area contributed by atoms with E-state index in [0.29, 0.717) is 10.3 Å². The van der Waals surface area contributed by atoms with E-state index in [2.05, 4.69) is 43.0 Å². The number of fused-ring (bicyclic) bond motifs is 4. The lowest BCUT2D eigenvalue weighted by Gasteiger charge is -2.03. The number of aryl methyl sites for hydroxylation is 1. The van der Waals surface area contributed by atoms with Crippen molar-refractivity contribution in [2.45, 2.75) is 18.6 Å². The first kappa shape index (κ1) is 18.0. The molecule has 7 nitrogen and oxygen atoms in total. The van der Waals surface area contributed by atoms with Crippen LogP contribution in [0.4, 0.5) is 5.13 Å². The van der Waals surface area contributed by atoms with Gasteiger partial charge in [0, 0.05) is 11.9 Å². The van der Waals surface area contributed by atoms with Gasteiger partial charge in [0.25, 0.3) is 0 Å². The predicted molar refractivity (Wildman–Crippen MR) is 117 cm³/mol. The Balaban J connectivity index is 1.34. The Kier molecular flexibility index (Phi) is 4.61. The highest BCUT2D eigenvalue weighted by Crippen LogP contribution is 2.28. The van der Waals surface area contributed by atoms with Crippen molar-refractivity contribution in [3.05, 3.63) is 48.5 Å². The van der Waals surface area contributed by atoms with Crippen LogP contribution in [0.15, 0.2) is 53.7 Å². The van der Waals surface area contributed by atoms with Gasteiger partial charge in [0.05, 0.1) is 21.5 Å². The first-order valence-corrected chi connectivity index (χ1v) is 10.9. The van der Waals surface area contributed by atoms with Crippen molar-refractivity contribution < 1.29 is 4.79 Å². The number of hydrogen-bond donors (Lipinski definition) is 1. The molecule has 9 heteroatoms. The summed E-state index contributed by atoms with van der Waals surface area (Å²) in [7, 11) is 0. The van der Waals surface area contributed by atoms with Crippen molar-refractivity contribution >= 4 is 66.4 Å². The number of hydrogen-bond acceptors (Lipinski definition) is 7. The lowest BCUT2D eigenvalue weighted by atomic mass is 10.2. The van der Waals surface area contributed by atoms with E-state index in [4.69, 9.17) is 0 Å². The summed E-state index contributed by atoms with van der Waals surface area (Å²) >= 11 is 2.72. The molecule has 0 atom stereocenters. The summed E-state index contributed by atoms with van der Waals surface area (Å²) in [5.41, 5.74) is 3.54. The maximum absolute atomic E-state index is 12.3. The second kappa shape index (κ2) is 7.41. The van der Waals surface area contributed by atoms with Gasteiger partial charge in [-0.3, -0.25) is 4.79 Å². The highest BCUT2D eigenvalue weighted by atomic mass is 32.2. The third kappa shape index (κ3) is 3.32. The monoisotopic (exact) mass is 420 g/mol. The average Bonchev–Trinajstić information content (AvgIpc) is 3.29. The van der Waals surface area contributed by atoms with Crippen molar-refractivity contribution in [3.8, 4) is 0 Å². The summed E-state index contributed by atoms with van der Waals surface area (Å²) in [6, 6.07) is 15.9. The smallest absolute Gasteiger partial charge is 0.236 e. The zero-order valence-electron chi connectivity index (χ0n) is 15.5. The van der Waals surface area contributed by atoms with Gasteiger partial charge in [-0.25, -0.2) is 9.97 Å². The van der Waals surface area contributed by atoms with E-state index in [1.807, 2.05) is 42.5 Å². The van der Waals surface area contributed by atoms with Gasteiger partial charge >= 0.3 is 0 Å². The summed E-state index contributed by atoms with van der Waals surface area (Å²) in [6.45, 7) is 2.86. The van der Waals surface area contributed by atoms with Crippen LogP contribution < -0.4 is 5.32 Å². The third-order valence-corrected chi connectivity index (χ3v) is 6.33. The van der Waals surface area contributed by atoms with Gasteiger partial charge in [0.15, 0.2) is 10.8 Å². The van der Waals surface area contributed by atoms with Crippen molar-refractivity contribution in [2.24, 2.45) is 0 Å². The standard InChI is InChI=1S/C20H16N6OS2/c1-2-26-14-9-5-3-7-12(14)17-18(26)23-20(25-24-17)28-11-16(27)22-19-21-13-8-4-6-10-15(13)29-19/h3-10H,2,11H2,1H3,(H,21,22,27). The molecule has 5 aromatic rings. The van der Waals surface area contributed by atoms with E-state index in [1.165, 1.54) is 23.1 Å². The molecule has 0 aliphatic rings. The maximum atomic E-state index is 12.3. The van der Waals surface area contributed by atoms with Crippen LogP contribution in [0.2, 0.25) is 0 Å². The predicted octanol–water partition coefficient (Wildman–Crippen LogP) is 4.34. The number of nitrogens with zero attached hydrogens (tertiary/aromatic N) is 5. The molecule has 0 fully saturated rings. The number of carbonyl (C=O) groups is 1. The number of carbonyl (C=O) groups excluding carboxylic acids is 1. The average molecular weight is 421 g/mol. The largest absolute Gasteiger partial charge is 0.324 e. The fourth-order valence-electron chi connectivity index (χ4n) is 3.28. The van der Waals surface area contributed by atoms with Crippen LogP contribution in [-0.2, 0) is 11.3 Å². The molecule has 0 spiro atoms. The van der Waals surface area contributed by atoms with Gasteiger partial charge in [-0.1, -0.05) is 53.4 Å². The number of rotatable bonds is 5. The minimum absolute atomic E-state index is 0.145. The van der Waals surface area contributed by atoms with Gasteiger partial charge in [-0.05, 0) is 25.1 Å². The molecule has 0 unspecified atom stereocenters. The van der Waals surface area contributed by atoms with Crippen LogP contribution in [0.25, 0.3) is 32.3 Å². The molecule has 0 aliphatic heterocycles. The zero-order chi connectivity index (χ0) is 19.8. The fraction of sp³-hybridized carbons (Fsp3) is 0.150. The van der Waals surface area contributed by atoms with Gasteiger partial charge < -0.3 is 9.88 Å². The van der Waals surface area contributed by atoms with Crippen molar-refractivity contribution in [2.75, 3.05) is 11.1 Å². The Morgan fingerprint density at radius 1 is 1.10 bits per heavy atom. The molecule has 0 bridgehead atoms. The Labute approximate surface area is 174 Å². The summed E-state index contributed by atoms with van der Waals surface area (Å²) in [5.74, 6) is 0.0453. The van der Waals surface area contributed by atoms with E-state index >= 15 is 0 Å². The van der Waals surface area contributed by atoms with Crippen LogP contribution in [0.3, 0.4) is 0 Å². The molecule has 144 valence electrons. The van der Waals surface area contributed by atoms with E-state index in [9.17, 15) is 4.79 Å². The van der Waals surface area contributed by atoms with Gasteiger partial charge in [0.1, 0.15) is 5.52 Å². The number of amides is 1. The molecule has 1 amide bonds.